The Morgan fingerprint density at radius 1 is 1.21 bits per heavy atom. The van der Waals surface area contributed by atoms with Crippen molar-refractivity contribution in [2.24, 2.45) is 0 Å². The first-order valence-corrected chi connectivity index (χ1v) is 11.3. The second kappa shape index (κ2) is 9.85. The Morgan fingerprint density at radius 2 is 2.03 bits per heavy atom. The molecule has 0 saturated carbocycles. The van der Waals surface area contributed by atoms with Crippen LogP contribution in [0.2, 0.25) is 0 Å². The molecule has 0 unspecified atom stereocenters. The average Bonchev–Trinajstić information content (AvgIpc) is 2.83. The number of ether oxygens (including phenoxy) is 1. The molecule has 34 heavy (non-hydrogen) atoms. The van der Waals surface area contributed by atoms with Crippen LogP contribution < -0.4 is 10.2 Å². The molecule has 0 aliphatic carbocycles. The van der Waals surface area contributed by atoms with Gasteiger partial charge in [-0.15, -0.1) is 0 Å². The molecular weight excluding hydrogens is 438 g/mol. The molecule has 0 bridgehead atoms. The fourth-order valence-corrected chi connectivity index (χ4v) is 4.11. The third kappa shape index (κ3) is 5.22. The van der Waals surface area contributed by atoms with Crippen LogP contribution in [0.15, 0.2) is 48.8 Å². The van der Waals surface area contributed by atoms with Gasteiger partial charge in [-0.2, -0.15) is 8.78 Å². The normalized spacial score (nSPS) is 13.5. The topological polar surface area (TPSA) is 67.3 Å². The first-order valence-electron chi connectivity index (χ1n) is 11.3. The van der Waals surface area contributed by atoms with Gasteiger partial charge in [0.2, 0.25) is 0 Å². The Hall–Kier alpha value is -3.39. The van der Waals surface area contributed by atoms with Crippen molar-refractivity contribution in [2.75, 3.05) is 37.0 Å². The number of halogens is 2. The van der Waals surface area contributed by atoms with E-state index in [-0.39, 0.29) is 5.56 Å². The zero-order valence-electron chi connectivity index (χ0n) is 19.6. The number of nitrogens with one attached hydrogen (secondary N) is 1. The maximum atomic E-state index is 13.6. The number of amides is 1. The van der Waals surface area contributed by atoms with Gasteiger partial charge in [-0.1, -0.05) is 6.07 Å². The highest BCUT2D eigenvalue weighted by molar-refractivity contribution is 6.04. The number of nitrogens with zero attached hydrogens (tertiary/aromatic N) is 3. The van der Waals surface area contributed by atoms with Crippen molar-refractivity contribution in [3.63, 3.8) is 0 Å². The minimum absolute atomic E-state index is 0.123. The Bertz CT molecular complexity index is 1190. The van der Waals surface area contributed by atoms with E-state index >= 15 is 0 Å². The molecule has 0 saturated heterocycles. The van der Waals surface area contributed by atoms with E-state index in [4.69, 9.17) is 9.72 Å². The lowest BCUT2D eigenvalue weighted by Gasteiger charge is -2.31. The van der Waals surface area contributed by atoms with E-state index in [1.165, 1.54) is 12.3 Å². The minimum atomic E-state index is -3.12. The van der Waals surface area contributed by atoms with Gasteiger partial charge in [0, 0.05) is 56.3 Å². The molecule has 1 aliphatic rings. The van der Waals surface area contributed by atoms with Crippen LogP contribution in [0, 0.1) is 6.92 Å². The van der Waals surface area contributed by atoms with Crippen molar-refractivity contribution < 1.29 is 18.3 Å². The maximum Gasteiger partial charge on any atom is 0.286 e. The van der Waals surface area contributed by atoms with Crippen LogP contribution in [0.1, 0.15) is 40.7 Å². The summed E-state index contributed by atoms with van der Waals surface area (Å²) in [5, 5.41) is 2.81. The number of benzene rings is 1. The fourth-order valence-electron chi connectivity index (χ4n) is 4.11. The van der Waals surface area contributed by atoms with Gasteiger partial charge >= 0.3 is 0 Å². The Morgan fingerprint density at radius 3 is 2.79 bits per heavy atom. The summed E-state index contributed by atoms with van der Waals surface area (Å²) >= 11 is 0. The van der Waals surface area contributed by atoms with Gasteiger partial charge in [0.1, 0.15) is 5.69 Å². The van der Waals surface area contributed by atoms with Crippen LogP contribution in [-0.4, -0.2) is 42.7 Å². The molecule has 3 aromatic rings. The minimum Gasteiger partial charge on any atom is -0.383 e. The van der Waals surface area contributed by atoms with Crippen molar-refractivity contribution >= 4 is 17.3 Å². The summed E-state index contributed by atoms with van der Waals surface area (Å²) in [7, 11) is 1.70. The van der Waals surface area contributed by atoms with Crippen molar-refractivity contribution in [2.45, 2.75) is 32.6 Å². The fraction of sp³-hybridized carbons (Fsp3) is 0.346. The number of aromatic nitrogens is 2. The van der Waals surface area contributed by atoms with E-state index in [0.717, 1.165) is 67.0 Å². The van der Waals surface area contributed by atoms with Crippen LogP contribution in [0.25, 0.3) is 11.1 Å². The van der Waals surface area contributed by atoms with Crippen LogP contribution >= 0.6 is 0 Å². The van der Waals surface area contributed by atoms with Gasteiger partial charge in [-0.25, -0.2) is 0 Å². The number of methoxy groups -OCH3 is 1. The van der Waals surface area contributed by atoms with Crippen LogP contribution in [0.5, 0.6) is 0 Å². The first-order chi connectivity index (χ1) is 16.3. The lowest BCUT2D eigenvalue weighted by molar-refractivity contribution is 0.0127. The van der Waals surface area contributed by atoms with E-state index in [1.807, 2.05) is 25.3 Å². The predicted molar refractivity (Wildman–Crippen MR) is 129 cm³/mol. The van der Waals surface area contributed by atoms with Crippen molar-refractivity contribution in [1.29, 1.82) is 0 Å². The Kier molecular flexibility index (Phi) is 6.88. The van der Waals surface area contributed by atoms with Gasteiger partial charge in [0.15, 0.2) is 0 Å². The highest BCUT2D eigenvalue weighted by atomic mass is 19.3. The van der Waals surface area contributed by atoms with E-state index in [2.05, 4.69) is 21.3 Å². The van der Waals surface area contributed by atoms with Crippen LogP contribution in [0.3, 0.4) is 0 Å². The molecule has 0 atom stereocenters. The van der Waals surface area contributed by atoms with Crippen molar-refractivity contribution in [3.8, 4) is 11.1 Å². The second-order valence-corrected chi connectivity index (χ2v) is 8.58. The summed E-state index contributed by atoms with van der Waals surface area (Å²) < 4.78 is 32.5. The molecule has 6 nitrogen and oxygen atoms in total. The smallest absolute Gasteiger partial charge is 0.286 e. The molecule has 0 radical (unpaired) electrons. The standard InChI is InChI=1S/C26H28F2N4O2/c1-17-6-7-20(31-25(33)18-8-9-29-24(14-18)26(2,27)28)15-21(17)19-13-23-22(30-16-19)5-4-10-32(23)11-12-34-3/h6-9,13-16H,4-5,10-12H2,1-3H3,(H,31,33). The number of hydrogen-bond acceptors (Lipinski definition) is 5. The first kappa shape index (κ1) is 23.8. The number of carbonyl (C=O) groups excluding carboxylic acids is 1. The van der Waals surface area contributed by atoms with E-state index in [0.29, 0.717) is 12.3 Å². The van der Waals surface area contributed by atoms with Gasteiger partial charge in [-0.05, 0) is 61.2 Å². The lowest BCUT2D eigenvalue weighted by Crippen LogP contribution is -2.32. The molecule has 1 aliphatic heterocycles. The predicted octanol–water partition coefficient (Wildman–Crippen LogP) is 5.22. The Balaban J connectivity index is 1.60. The van der Waals surface area contributed by atoms with Gasteiger partial charge < -0.3 is 15.0 Å². The zero-order valence-corrected chi connectivity index (χ0v) is 19.6. The lowest BCUT2D eigenvalue weighted by atomic mass is 9.98. The van der Waals surface area contributed by atoms with E-state index in [9.17, 15) is 13.6 Å². The highest BCUT2D eigenvalue weighted by Crippen LogP contribution is 2.33. The monoisotopic (exact) mass is 466 g/mol. The molecule has 0 spiro atoms. The van der Waals surface area contributed by atoms with Crippen molar-refractivity contribution in [1.82, 2.24) is 9.97 Å². The molecule has 178 valence electrons. The van der Waals surface area contributed by atoms with E-state index in [1.54, 1.807) is 13.2 Å². The molecule has 4 rings (SSSR count). The highest BCUT2D eigenvalue weighted by Gasteiger charge is 2.27. The average molecular weight is 467 g/mol. The third-order valence-electron chi connectivity index (χ3n) is 5.97. The Labute approximate surface area is 198 Å². The van der Waals surface area contributed by atoms with Crippen molar-refractivity contribution in [3.05, 3.63) is 71.3 Å². The molecule has 2 aromatic heterocycles. The summed E-state index contributed by atoms with van der Waals surface area (Å²) in [6.07, 6.45) is 5.09. The van der Waals surface area contributed by atoms with Gasteiger partial charge in [0.25, 0.3) is 11.8 Å². The molecule has 1 aromatic carbocycles. The molecule has 0 fully saturated rings. The second-order valence-electron chi connectivity index (χ2n) is 8.58. The van der Waals surface area contributed by atoms with Crippen LogP contribution in [-0.2, 0) is 17.1 Å². The summed E-state index contributed by atoms with van der Waals surface area (Å²) in [5.74, 6) is -3.60. The summed E-state index contributed by atoms with van der Waals surface area (Å²) in [6.45, 7) is 5.16. The number of hydrogen-bond donors (Lipinski definition) is 1. The summed E-state index contributed by atoms with van der Waals surface area (Å²) in [6, 6.07) is 10.3. The quantitative estimate of drug-likeness (QED) is 0.518. The number of fused-ring (bicyclic) bond motifs is 1. The van der Waals surface area contributed by atoms with Crippen LogP contribution in [0.4, 0.5) is 20.2 Å². The number of aryl methyl sites for hydroxylation is 2. The summed E-state index contributed by atoms with van der Waals surface area (Å²) in [5.41, 5.74) is 5.38. The van der Waals surface area contributed by atoms with E-state index < -0.39 is 17.5 Å². The number of pyridine rings is 2. The molecule has 3 heterocycles. The maximum absolute atomic E-state index is 13.6. The summed E-state index contributed by atoms with van der Waals surface area (Å²) in [4.78, 5) is 23.4. The molecule has 8 heteroatoms. The van der Waals surface area contributed by atoms with Gasteiger partial charge in [0.05, 0.1) is 18.0 Å². The third-order valence-corrected chi connectivity index (χ3v) is 5.97. The SMILES string of the molecule is COCCN1CCCc2ncc(-c3cc(NC(=O)c4ccnc(C(C)(F)F)c4)ccc3C)cc21. The number of alkyl halides is 2. The molecular formula is C26H28F2N4O2. The zero-order chi connectivity index (χ0) is 24.3. The number of rotatable bonds is 7. The number of carbonyl (C=O) groups is 1. The molecule has 1 N–H and O–H groups in total. The largest absolute Gasteiger partial charge is 0.383 e. The van der Waals surface area contributed by atoms with Gasteiger partial charge in [-0.3, -0.25) is 14.8 Å². The molecule has 1 amide bonds. The number of anilines is 2.